The van der Waals surface area contributed by atoms with Crippen molar-refractivity contribution < 1.29 is 4.79 Å². The van der Waals surface area contributed by atoms with E-state index < -0.39 is 11.2 Å². The van der Waals surface area contributed by atoms with E-state index in [4.69, 9.17) is 5.73 Å². The monoisotopic (exact) mass is 357 g/mol. The predicted molar refractivity (Wildman–Crippen MR) is 101 cm³/mol. The normalized spacial score (nSPS) is 15.2. The molecular formula is C18H23N5O3. The highest BCUT2D eigenvalue weighted by Gasteiger charge is 2.24. The zero-order valence-corrected chi connectivity index (χ0v) is 15.0. The molecule has 0 unspecified atom stereocenters. The van der Waals surface area contributed by atoms with Gasteiger partial charge in [-0.05, 0) is 12.1 Å². The maximum Gasteiger partial charge on any atom is 0.332 e. The molecule has 1 saturated heterocycles. The number of nitrogens with two attached hydrogens (primary N) is 1. The van der Waals surface area contributed by atoms with Gasteiger partial charge in [0.1, 0.15) is 11.4 Å². The first-order valence-corrected chi connectivity index (χ1v) is 8.51. The molecule has 0 amide bonds. The van der Waals surface area contributed by atoms with Crippen molar-refractivity contribution in [3.8, 4) is 0 Å². The van der Waals surface area contributed by atoms with Gasteiger partial charge in [-0.15, -0.1) is 0 Å². The van der Waals surface area contributed by atoms with Crippen LogP contribution in [0.2, 0.25) is 0 Å². The van der Waals surface area contributed by atoms with Crippen LogP contribution in [0.15, 0.2) is 39.9 Å². The number of ketones is 1. The van der Waals surface area contributed by atoms with Gasteiger partial charge in [0.2, 0.25) is 0 Å². The fourth-order valence-electron chi connectivity index (χ4n) is 3.21. The topological polar surface area (TPSA) is 93.6 Å². The fraction of sp³-hybridized carbons (Fsp3) is 0.389. The van der Waals surface area contributed by atoms with Crippen molar-refractivity contribution in [3.63, 3.8) is 0 Å². The lowest BCUT2D eigenvalue weighted by Crippen LogP contribution is -2.49. The Labute approximate surface area is 151 Å². The molecule has 0 saturated carbocycles. The molecule has 8 heteroatoms. The summed E-state index contributed by atoms with van der Waals surface area (Å²) in [6.07, 6.45) is 0. The zero-order valence-electron chi connectivity index (χ0n) is 15.0. The average Bonchev–Trinajstić information content (AvgIpc) is 2.66. The van der Waals surface area contributed by atoms with E-state index in [9.17, 15) is 14.4 Å². The lowest BCUT2D eigenvalue weighted by Gasteiger charge is -2.35. The molecule has 3 rings (SSSR count). The number of rotatable bonds is 4. The summed E-state index contributed by atoms with van der Waals surface area (Å²) in [6, 6.07) is 10.1. The van der Waals surface area contributed by atoms with E-state index >= 15 is 0 Å². The van der Waals surface area contributed by atoms with E-state index in [1.165, 1.54) is 14.1 Å². The number of hydrogen-bond acceptors (Lipinski definition) is 6. The molecule has 0 spiro atoms. The number of para-hydroxylation sites is 1. The molecule has 0 aliphatic carbocycles. The van der Waals surface area contributed by atoms with Gasteiger partial charge in [-0.2, -0.15) is 0 Å². The van der Waals surface area contributed by atoms with Crippen LogP contribution in [0.4, 0.5) is 11.5 Å². The van der Waals surface area contributed by atoms with Crippen molar-refractivity contribution in [2.45, 2.75) is 0 Å². The lowest BCUT2D eigenvalue weighted by atomic mass is 10.1. The van der Waals surface area contributed by atoms with E-state index in [0.29, 0.717) is 13.1 Å². The van der Waals surface area contributed by atoms with Crippen LogP contribution in [-0.4, -0.2) is 52.5 Å². The summed E-state index contributed by atoms with van der Waals surface area (Å²) >= 11 is 0. The van der Waals surface area contributed by atoms with Gasteiger partial charge in [-0.1, -0.05) is 18.2 Å². The van der Waals surface area contributed by atoms with Gasteiger partial charge in [0, 0.05) is 46.0 Å². The largest absolute Gasteiger partial charge is 0.384 e. The van der Waals surface area contributed by atoms with Crippen molar-refractivity contribution in [3.05, 3.63) is 56.7 Å². The minimum atomic E-state index is -0.640. The van der Waals surface area contributed by atoms with E-state index in [2.05, 4.69) is 17.0 Å². The van der Waals surface area contributed by atoms with Crippen LogP contribution in [0.1, 0.15) is 10.4 Å². The molecule has 138 valence electrons. The molecule has 0 radical (unpaired) electrons. The molecule has 2 aromatic rings. The van der Waals surface area contributed by atoms with E-state index in [-0.39, 0.29) is 23.7 Å². The van der Waals surface area contributed by atoms with Crippen molar-refractivity contribution in [1.82, 2.24) is 14.0 Å². The Bertz CT molecular complexity index is 924. The summed E-state index contributed by atoms with van der Waals surface area (Å²) in [6.45, 7) is 3.15. The summed E-state index contributed by atoms with van der Waals surface area (Å²) in [5, 5.41) is 0. The maximum absolute atomic E-state index is 12.7. The molecule has 26 heavy (non-hydrogen) atoms. The van der Waals surface area contributed by atoms with E-state index in [1.807, 2.05) is 23.1 Å². The van der Waals surface area contributed by atoms with Crippen LogP contribution in [0, 0.1) is 0 Å². The molecular weight excluding hydrogens is 334 g/mol. The molecule has 2 heterocycles. The zero-order chi connectivity index (χ0) is 18.8. The molecule has 1 aliphatic rings. The van der Waals surface area contributed by atoms with Crippen molar-refractivity contribution in [2.24, 2.45) is 14.1 Å². The highest BCUT2D eigenvalue weighted by atomic mass is 16.2. The Kier molecular flexibility index (Phi) is 4.94. The molecule has 0 bridgehead atoms. The number of anilines is 2. The Morgan fingerprint density at radius 3 is 2.23 bits per heavy atom. The van der Waals surface area contributed by atoms with Crippen LogP contribution in [-0.2, 0) is 14.1 Å². The van der Waals surface area contributed by atoms with E-state index in [0.717, 1.165) is 27.9 Å². The van der Waals surface area contributed by atoms with Crippen LogP contribution < -0.4 is 21.9 Å². The Morgan fingerprint density at radius 1 is 1.00 bits per heavy atom. The minimum Gasteiger partial charge on any atom is -0.384 e. The van der Waals surface area contributed by atoms with Gasteiger partial charge in [0.25, 0.3) is 5.56 Å². The number of carbonyl (C=O) groups is 1. The van der Waals surface area contributed by atoms with Crippen LogP contribution in [0.3, 0.4) is 0 Å². The van der Waals surface area contributed by atoms with Crippen LogP contribution >= 0.6 is 0 Å². The lowest BCUT2D eigenvalue weighted by molar-refractivity contribution is 0.0924. The molecule has 8 nitrogen and oxygen atoms in total. The highest BCUT2D eigenvalue weighted by molar-refractivity contribution is 6.01. The van der Waals surface area contributed by atoms with Crippen LogP contribution in [0.25, 0.3) is 0 Å². The average molecular weight is 357 g/mol. The third-order valence-electron chi connectivity index (χ3n) is 4.85. The third-order valence-corrected chi connectivity index (χ3v) is 4.85. The number of carbonyl (C=O) groups excluding carboxylic acids is 1. The smallest absolute Gasteiger partial charge is 0.332 e. The SMILES string of the molecule is Cn1c(N)c(C(=O)CN2CCN(c3ccccc3)CC2)c(=O)n(C)c1=O. The Hall–Kier alpha value is -2.87. The summed E-state index contributed by atoms with van der Waals surface area (Å²) in [7, 11) is 2.80. The number of hydrogen-bond donors (Lipinski definition) is 1. The number of aromatic nitrogens is 2. The number of piperazine rings is 1. The highest BCUT2D eigenvalue weighted by Crippen LogP contribution is 2.16. The fourth-order valence-corrected chi connectivity index (χ4v) is 3.21. The number of Topliss-reactive ketones (excluding diaryl/α,β-unsaturated/α-hetero) is 1. The molecule has 1 aromatic heterocycles. The van der Waals surface area contributed by atoms with Gasteiger partial charge < -0.3 is 10.6 Å². The molecule has 1 fully saturated rings. The van der Waals surface area contributed by atoms with Gasteiger partial charge in [-0.3, -0.25) is 23.6 Å². The first kappa shape index (κ1) is 17.9. The number of nitrogens with zero attached hydrogens (tertiary/aromatic N) is 4. The second-order valence-corrected chi connectivity index (χ2v) is 6.49. The maximum atomic E-state index is 12.7. The van der Waals surface area contributed by atoms with Gasteiger partial charge >= 0.3 is 5.69 Å². The van der Waals surface area contributed by atoms with Crippen molar-refractivity contribution in [2.75, 3.05) is 43.4 Å². The number of nitrogen functional groups attached to an aromatic ring is 1. The summed E-state index contributed by atoms with van der Waals surface area (Å²) in [4.78, 5) is 41.1. The minimum absolute atomic E-state index is 0.0778. The Morgan fingerprint density at radius 2 is 1.62 bits per heavy atom. The summed E-state index contributed by atoms with van der Waals surface area (Å²) < 4.78 is 2.04. The molecule has 0 atom stereocenters. The Balaban J connectivity index is 1.71. The standard InChI is InChI=1S/C18H23N5O3/c1-20-16(19)15(17(25)21(2)18(20)26)14(24)12-22-8-10-23(11-9-22)13-6-4-3-5-7-13/h3-7H,8-12,19H2,1-2H3. The predicted octanol–water partition coefficient (Wildman–Crippen LogP) is -0.329. The molecule has 1 aromatic carbocycles. The molecule has 1 aliphatic heterocycles. The van der Waals surface area contributed by atoms with Gasteiger partial charge in [0.15, 0.2) is 5.78 Å². The first-order valence-electron chi connectivity index (χ1n) is 8.51. The van der Waals surface area contributed by atoms with Gasteiger partial charge in [0.05, 0.1) is 6.54 Å². The van der Waals surface area contributed by atoms with Crippen molar-refractivity contribution in [1.29, 1.82) is 0 Å². The third kappa shape index (κ3) is 3.28. The van der Waals surface area contributed by atoms with E-state index in [1.54, 1.807) is 0 Å². The summed E-state index contributed by atoms with van der Waals surface area (Å²) in [5.41, 5.74) is 5.73. The van der Waals surface area contributed by atoms with Gasteiger partial charge in [-0.25, -0.2) is 4.79 Å². The second-order valence-electron chi connectivity index (χ2n) is 6.49. The second kappa shape index (κ2) is 7.17. The van der Waals surface area contributed by atoms with Crippen molar-refractivity contribution >= 4 is 17.3 Å². The number of benzene rings is 1. The summed E-state index contributed by atoms with van der Waals surface area (Å²) in [5.74, 6) is -0.433. The molecule has 2 N–H and O–H groups in total. The van der Waals surface area contributed by atoms with Crippen LogP contribution in [0.5, 0.6) is 0 Å². The quantitative estimate of drug-likeness (QED) is 0.753. The first-order chi connectivity index (χ1) is 12.4.